The Labute approximate surface area is 98.4 Å². The van der Waals surface area contributed by atoms with Crippen molar-refractivity contribution in [1.29, 1.82) is 0 Å². The summed E-state index contributed by atoms with van der Waals surface area (Å²) in [5.41, 5.74) is 0.775. The summed E-state index contributed by atoms with van der Waals surface area (Å²) in [6.07, 6.45) is 1.43. The van der Waals surface area contributed by atoms with Crippen LogP contribution in [0.1, 0.15) is 0 Å². The maximum atomic E-state index is 6.00. The van der Waals surface area contributed by atoms with Crippen LogP contribution in [0.15, 0.2) is 18.5 Å². The molecule has 1 aromatic carbocycles. The van der Waals surface area contributed by atoms with Gasteiger partial charge < -0.3 is 0 Å². The molecule has 0 aliphatic rings. The molecule has 0 unspecified atom stereocenters. The van der Waals surface area contributed by atoms with Crippen molar-refractivity contribution in [3.8, 4) is 0 Å². The van der Waals surface area contributed by atoms with Gasteiger partial charge in [0.15, 0.2) is 0 Å². The molecule has 0 saturated carbocycles. The third kappa shape index (κ3) is 1.73. The molecule has 0 bridgehead atoms. The number of hydrogen-bond acceptors (Lipinski definition) is 2. The van der Waals surface area contributed by atoms with Crippen LogP contribution in [0.5, 0.6) is 0 Å². The van der Waals surface area contributed by atoms with Gasteiger partial charge in [-0.2, -0.15) is 0 Å². The molecule has 0 fully saturated rings. The second-order valence-electron chi connectivity index (χ2n) is 2.45. The lowest BCUT2D eigenvalue weighted by Crippen LogP contribution is -1.85. The number of rotatable bonds is 0. The first kappa shape index (κ1) is 9.43. The molecule has 2 aromatic rings. The summed E-state index contributed by atoms with van der Waals surface area (Å²) in [6.45, 7) is 0. The van der Waals surface area contributed by atoms with Gasteiger partial charge in [-0.1, -0.05) is 23.2 Å². The first-order valence-electron chi connectivity index (χ1n) is 3.44. The maximum Gasteiger partial charge on any atom is 0.141 e. The van der Waals surface area contributed by atoms with Crippen molar-refractivity contribution in [2.24, 2.45) is 0 Å². The number of fused-ring (bicyclic) bond motifs is 1. The summed E-state index contributed by atoms with van der Waals surface area (Å²) in [5, 5.41) is 1.70. The highest BCUT2D eigenvalue weighted by molar-refractivity contribution is 14.1. The number of nitrogens with zero attached hydrogens (tertiary/aromatic N) is 2. The van der Waals surface area contributed by atoms with Gasteiger partial charge in [0.05, 0.1) is 15.9 Å². The van der Waals surface area contributed by atoms with E-state index in [9.17, 15) is 0 Å². The van der Waals surface area contributed by atoms with Crippen LogP contribution in [-0.4, -0.2) is 9.97 Å². The summed E-state index contributed by atoms with van der Waals surface area (Å²) in [7, 11) is 0. The lowest BCUT2D eigenvalue weighted by atomic mass is 10.2. The van der Waals surface area contributed by atoms with E-state index in [1.165, 1.54) is 6.33 Å². The van der Waals surface area contributed by atoms with Crippen LogP contribution < -0.4 is 0 Å². The van der Waals surface area contributed by atoms with Gasteiger partial charge in [0, 0.05) is 3.57 Å². The highest BCUT2D eigenvalue weighted by Gasteiger charge is 2.06. The van der Waals surface area contributed by atoms with E-state index < -0.39 is 0 Å². The molecule has 0 aliphatic heterocycles. The lowest BCUT2D eigenvalue weighted by molar-refractivity contribution is 1.22. The Morgan fingerprint density at radius 2 is 1.92 bits per heavy atom. The van der Waals surface area contributed by atoms with Crippen molar-refractivity contribution in [3.63, 3.8) is 0 Å². The molecule has 0 atom stereocenters. The summed E-state index contributed by atoms with van der Waals surface area (Å²) < 4.78 is 1.03. The van der Waals surface area contributed by atoms with E-state index in [0.29, 0.717) is 15.6 Å². The van der Waals surface area contributed by atoms with Crippen molar-refractivity contribution in [1.82, 2.24) is 9.97 Å². The molecule has 0 saturated heterocycles. The van der Waals surface area contributed by atoms with Crippen molar-refractivity contribution < 1.29 is 0 Å². The average molecular weight is 325 g/mol. The van der Waals surface area contributed by atoms with E-state index in [4.69, 9.17) is 23.2 Å². The Morgan fingerprint density at radius 1 is 1.15 bits per heavy atom. The number of aromatic nitrogens is 2. The molecule has 0 radical (unpaired) electrons. The quantitative estimate of drug-likeness (QED) is 0.547. The second-order valence-corrected chi connectivity index (χ2v) is 4.46. The van der Waals surface area contributed by atoms with E-state index in [1.807, 2.05) is 12.1 Å². The zero-order valence-corrected chi connectivity index (χ0v) is 9.93. The maximum absolute atomic E-state index is 6.00. The van der Waals surface area contributed by atoms with Crippen LogP contribution in [0.2, 0.25) is 10.2 Å². The van der Waals surface area contributed by atoms with Crippen molar-refractivity contribution >= 4 is 56.7 Å². The Hall–Kier alpha value is -0.130. The largest absolute Gasteiger partial charge is 0.236 e. The van der Waals surface area contributed by atoms with Crippen molar-refractivity contribution in [2.75, 3.05) is 0 Å². The number of benzene rings is 1. The second kappa shape index (κ2) is 3.55. The van der Waals surface area contributed by atoms with E-state index in [-0.39, 0.29) is 0 Å². The van der Waals surface area contributed by atoms with E-state index in [0.717, 1.165) is 9.09 Å². The first-order chi connectivity index (χ1) is 6.18. The van der Waals surface area contributed by atoms with Crippen LogP contribution in [0.25, 0.3) is 10.9 Å². The van der Waals surface area contributed by atoms with Gasteiger partial charge >= 0.3 is 0 Å². The lowest BCUT2D eigenvalue weighted by Gasteiger charge is -2.01. The normalized spacial score (nSPS) is 10.7. The molecule has 66 valence electrons. The van der Waals surface area contributed by atoms with E-state index >= 15 is 0 Å². The Morgan fingerprint density at radius 3 is 2.69 bits per heavy atom. The molecule has 1 aromatic heterocycles. The average Bonchev–Trinajstić information content (AvgIpc) is 2.02. The summed E-state index contributed by atoms with van der Waals surface area (Å²) in [6, 6.07) is 3.75. The first-order valence-corrected chi connectivity index (χ1v) is 5.27. The predicted molar refractivity (Wildman–Crippen MR) is 62.3 cm³/mol. The molecule has 2 nitrogen and oxygen atoms in total. The standard InChI is InChI=1S/C8H3Cl2IN2/c9-5-1-4(11)2-6-7(5)8(10)13-3-12-6/h1-3H. The summed E-state index contributed by atoms with van der Waals surface area (Å²) in [5.74, 6) is 0. The highest BCUT2D eigenvalue weighted by atomic mass is 127. The van der Waals surface area contributed by atoms with E-state index in [1.54, 1.807) is 0 Å². The molecule has 2 rings (SSSR count). The molecule has 0 amide bonds. The van der Waals surface area contributed by atoms with Gasteiger partial charge in [-0.05, 0) is 34.7 Å². The van der Waals surface area contributed by atoms with Crippen LogP contribution in [0.4, 0.5) is 0 Å². The molecule has 0 aliphatic carbocycles. The molecule has 0 N–H and O–H groups in total. The fraction of sp³-hybridized carbons (Fsp3) is 0. The third-order valence-electron chi connectivity index (χ3n) is 1.61. The minimum absolute atomic E-state index is 0.395. The Kier molecular flexibility index (Phi) is 2.58. The monoisotopic (exact) mass is 324 g/mol. The SMILES string of the molecule is Clc1cc(I)cc2ncnc(Cl)c12. The van der Waals surface area contributed by atoms with Gasteiger partial charge in [-0.25, -0.2) is 9.97 Å². The van der Waals surface area contributed by atoms with Crippen LogP contribution >= 0.6 is 45.8 Å². The highest BCUT2D eigenvalue weighted by Crippen LogP contribution is 2.29. The third-order valence-corrected chi connectivity index (χ3v) is 2.82. The number of halogens is 3. The van der Waals surface area contributed by atoms with Gasteiger partial charge in [0.25, 0.3) is 0 Å². The summed E-state index contributed by atoms with van der Waals surface area (Å²) >= 11 is 14.1. The van der Waals surface area contributed by atoms with Gasteiger partial charge in [0.2, 0.25) is 0 Å². The zero-order chi connectivity index (χ0) is 9.42. The van der Waals surface area contributed by atoms with E-state index in [2.05, 4.69) is 32.6 Å². The van der Waals surface area contributed by atoms with Crippen LogP contribution in [-0.2, 0) is 0 Å². The fourth-order valence-electron chi connectivity index (χ4n) is 1.07. The molecule has 0 spiro atoms. The molecule has 5 heteroatoms. The Balaban J connectivity index is 2.94. The van der Waals surface area contributed by atoms with Gasteiger partial charge in [-0.15, -0.1) is 0 Å². The smallest absolute Gasteiger partial charge is 0.141 e. The molecule has 13 heavy (non-hydrogen) atoms. The van der Waals surface area contributed by atoms with Gasteiger partial charge in [0.1, 0.15) is 11.5 Å². The topological polar surface area (TPSA) is 25.8 Å². The summed E-state index contributed by atoms with van der Waals surface area (Å²) in [4.78, 5) is 7.94. The fourth-order valence-corrected chi connectivity index (χ4v) is 2.46. The molecule has 1 heterocycles. The van der Waals surface area contributed by atoms with Crippen molar-refractivity contribution in [2.45, 2.75) is 0 Å². The van der Waals surface area contributed by atoms with Crippen LogP contribution in [0.3, 0.4) is 0 Å². The Bertz CT molecular complexity index is 473. The number of hydrogen-bond donors (Lipinski definition) is 0. The minimum Gasteiger partial charge on any atom is -0.236 e. The minimum atomic E-state index is 0.395. The van der Waals surface area contributed by atoms with Gasteiger partial charge in [-0.3, -0.25) is 0 Å². The predicted octanol–water partition coefficient (Wildman–Crippen LogP) is 3.54. The zero-order valence-electron chi connectivity index (χ0n) is 6.26. The van der Waals surface area contributed by atoms with Crippen molar-refractivity contribution in [3.05, 3.63) is 32.2 Å². The van der Waals surface area contributed by atoms with Crippen LogP contribution in [0, 0.1) is 3.57 Å². The molecular weight excluding hydrogens is 322 g/mol. The molecular formula is C8H3Cl2IN2.